The van der Waals surface area contributed by atoms with Crippen molar-refractivity contribution in [1.29, 1.82) is 0 Å². The lowest BCUT2D eigenvalue weighted by molar-refractivity contribution is 0.491. The molecule has 0 bridgehead atoms. The Morgan fingerprint density at radius 1 is 1.43 bits per heavy atom. The van der Waals surface area contributed by atoms with Crippen molar-refractivity contribution in [2.75, 3.05) is 24.6 Å². The lowest BCUT2D eigenvalue weighted by Gasteiger charge is -2.10. The largest absolute Gasteiger partial charge is 0.316 e. The Balaban J connectivity index is 1.84. The molecule has 1 fully saturated rings. The highest BCUT2D eigenvalue weighted by Gasteiger charge is 2.21. The fourth-order valence-electron chi connectivity index (χ4n) is 1.95. The predicted molar refractivity (Wildman–Crippen MR) is 67.5 cm³/mol. The molecule has 0 saturated heterocycles. The van der Waals surface area contributed by atoms with Gasteiger partial charge in [0.15, 0.2) is 0 Å². The summed E-state index contributed by atoms with van der Waals surface area (Å²) in [6, 6.07) is 0. The normalized spacial score (nSPS) is 27.0. The highest BCUT2D eigenvalue weighted by molar-refractivity contribution is 7.99. The van der Waals surface area contributed by atoms with Gasteiger partial charge in [0.05, 0.1) is 0 Å². The van der Waals surface area contributed by atoms with Crippen molar-refractivity contribution in [3.63, 3.8) is 0 Å². The van der Waals surface area contributed by atoms with Crippen molar-refractivity contribution in [1.82, 2.24) is 5.32 Å². The van der Waals surface area contributed by atoms with Gasteiger partial charge in [0.25, 0.3) is 0 Å². The van der Waals surface area contributed by atoms with Crippen molar-refractivity contribution in [3.8, 4) is 0 Å². The monoisotopic (exact) mass is 235 g/mol. The minimum Gasteiger partial charge on any atom is -0.316 e. The first kappa shape index (κ1) is 12.7. The predicted octanol–water partition coefficient (Wildman–Crippen LogP) is 3.13. The zero-order valence-electron chi connectivity index (χ0n) is 9.10. The molecule has 0 aromatic rings. The first-order valence-electron chi connectivity index (χ1n) is 5.75. The van der Waals surface area contributed by atoms with Gasteiger partial charge in [-0.15, -0.1) is 11.6 Å². The van der Waals surface area contributed by atoms with Gasteiger partial charge in [-0.2, -0.15) is 11.8 Å². The minimum atomic E-state index is 0.456. The second-order valence-corrected chi connectivity index (χ2v) is 6.04. The smallest absolute Gasteiger partial charge is 0.0339 e. The molecular weight excluding hydrogens is 214 g/mol. The van der Waals surface area contributed by atoms with Crippen molar-refractivity contribution in [2.45, 2.75) is 38.0 Å². The van der Waals surface area contributed by atoms with Crippen molar-refractivity contribution in [3.05, 3.63) is 0 Å². The highest BCUT2D eigenvalue weighted by atomic mass is 35.5. The molecule has 0 spiro atoms. The Labute approximate surface area is 97.4 Å². The summed E-state index contributed by atoms with van der Waals surface area (Å²) in [5.41, 5.74) is 0. The molecular formula is C11H22ClNS. The average molecular weight is 236 g/mol. The molecule has 14 heavy (non-hydrogen) atoms. The molecule has 1 saturated carbocycles. The summed E-state index contributed by atoms with van der Waals surface area (Å²) in [6.45, 7) is 4.58. The van der Waals surface area contributed by atoms with Crippen LogP contribution in [0.2, 0.25) is 0 Å². The van der Waals surface area contributed by atoms with Crippen LogP contribution < -0.4 is 5.32 Å². The quantitative estimate of drug-likeness (QED) is 0.538. The van der Waals surface area contributed by atoms with Gasteiger partial charge in [-0.05, 0) is 56.2 Å². The van der Waals surface area contributed by atoms with E-state index >= 15 is 0 Å². The second kappa shape index (κ2) is 7.84. The van der Waals surface area contributed by atoms with Gasteiger partial charge in [0.2, 0.25) is 0 Å². The van der Waals surface area contributed by atoms with Gasteiger partial charge in [-0.1, -0.05) is 6.92 Å². The molecule has 0 aromatic carbocycles. The maximum absolute atomic E-state index is 6.06. The highest BCUT2D eigenvalue weighted by Crippen LogP contribution is 2.28. The number of hydrogen-bond acceptors (Lipinski definition) is 2. The van der Waals surface area contributed by atoms with Crippen LogP contribution in [0.1, 0.15) is 32.6 Å². The average Bonchev–Trinajstić information content (AvgIpc) is 2.58. The summed E-state index contributed by atoms with van der Waals surface area (Å²) in [6.07, 6.45) is 5.07. The Bertz CT molecular complexity index is 143. The first-order valence-corrected chi connectivity index (χ1v) is 7.34. The summed E-state index contributed by atoms with van der Waals surface area (Å²) in [5, 5.41) is 3.99. The van der Waals surface area contributed by atoms with E-state index in [4.69, 9.17) is 11.6 Å². The molecule has 1 nitrogen and oxygen atoms in total. The van der Waals surface area contributed by atoms with Crippen molar-refractivity contribution < 1.29 is 0 Å². The molecule has 0 radical (unpaired) electrons. The minimum absolute atomic E-state index is 0.456. The number of hydrogen-bond donors (Lipinski definition) is 1. The van der Waals surface area contributed by atoms with Crippen LogP contribution in [0.4, 0.5) is 0 Å². The van der Waals surface area contributed by atoms with Gasteiger partial charge >= 0.3 is 0 Å². The Kier molecular flexibility index (Phi) is 7.09. The van der Waals surface area contributed by atoms with E-state index in [9.17, 15) is 0 Å². The van der Waals surface area contributed by atoms with E-state index in [0.717, 1.165) is 5.92 Å². The SMILES string of the molecule is CCSCCCNCC1CCC(Cl)C1. The Hall–Kier alpha value is 0.600. The van der Waals surface area contributed by atoms with Crippen LogP contribution >= 0.6 is 23.4 Å². The van der Waals surface area contributed by atoms with E-state index in [1.807, 2.05) is 11.8 Å². The molecule has 0 amide bonds. The van der Waals surface area contributed by atoms with Crippen molar-refractivity contribution in [2.24, 2.45) is 5.92 Å². The fraction of sp³-hybridized carbons (Fsp3) is 1.00. The Morgan fingerprint density at radius 2 is 2.29 bits per heavy atom. The van der Waals surface area contributed by atoms with Gasteiger partial charge in [0, 0.05) is 5.38 Å². The zero-order chi connectivity index (χ0) is 10.2. The third-order valence-electron chi connectivity index (χ3n) is 2.76. The molecule has 3 heteroatoms. The summed E-state index contributed by atoms with van der Waals surface area (Å²) in [5.74, 6) is 3.39. The third kappa shape index (κ3) is 5.47. The van der Waals surface area contributed by atoms with E-state index in [2.05, 4.69) is 12.2 Å². The molecule has 84 valence electrons. The summed E-state index contributed by atoms with van der Waals surface area (Å²) in [7, 11) is 0. The van der Waals surface area contributed by atoms with Crippen LogP contribution in [-0.2, 0) is 0 Å². The second-order valence-electron chi connectivity index (χ2n) is 4.03. The van der Waals surface area contributed by atoms with E-state index < -0.39 is 0 Å². The van der Waals surface area contributed by atoms with E-state index in [1.165, 1.54) is 50.3 Å². The molecule has 0 aromatic heterocycles. The van der Waals surface area contributed by atoms with Crippen LogP contribution in [0.5, 0.6) is 0 Å². The van der Waals surface area contributed by atoms with Crippen molar-refractivity contribution >= 4 is 23.4 Å². The van der Waals surface area contributed by atoms with E-state index in [1.54, 1.807) is 0 Å². The zero-order valence-corrected chi connectivity index (χ0v) is 10.7. The molecule has 1 rings (SSSR count). The lowest BCUT2D eigenvalue weighted by Crippen LogP contribution is -2.23. The number of alkyl halides is 1. The number of halogens is 1. The molecule has 0 aliphatic heterocycles. The number of rotatable bonds is 7. The molecule has 2 atom stereocenters. The van der Waals surface area contributed by atoms with Crippen LogP contribution in [0.3, 0.4) is 0 Å². The van der Waals surface area contributed by atoms with Gasteiger partial charge in [0.1, 0.15) is 0 Å². The molecule has 0 heterocycles. The first-order chi connectivity index (χ1) is 6.83. The molecule has 1 aliphatic carbocycles. The standard InChI is InChI=1S/C11H22ClNS/c1-2-14-7-3-6-13-9-10-4-5-11(12)8-10/h10-11,13H,2-9H2,1H3. The summed E-state index contributed by atoms with van der Waals surface area (Å²) < 4.78 is 0. The third-order valence-corrected chi connectivity index (χ3v) is 4.14. The maximum Gasteiger partial charge on any atom is 0.0339 e. The molecule has 2 unspecified atom stereocenters. The van der Waals surface area contributed by atoms with Crippen LogP contribution in [-0.4, -0.2) is 30.0 Å². The summed E-state index contributed by atoms with van der Waals surface area (Å²) >= 11 is 8.09. The molecule has 1 N–H and O–H groups in total. The van der Waals surface area contributed by atoms with Crippen LogP contribution in [0.25, 0.3) is 0 Å². The number of nitrogens with one attached hydrogen (secondary N) is 1. The molecule has 1 aliphatic rings. The van der Waals surface area contributed by atoms with Gasteiger partial charge in [-0.3, -0.25) is 0 Å². The van der Waals surface area contributed by atoms with Gasteiger partial charge in [-0.25, -0.2) is 0 Å². The fourth-order valence-corrected chi connectivity index (χ4v) is 2.96. The van der Waals surface area contributed by atoms with Gasteiger partial charge < -0.3 is 5.32 Å². The van der Waals surface area contributed by atoms with E-state index in [-0.39, 0.29) is 0 Å². The van der Waals surface area contributed by atoms with Crippen LogP contribution in [0, 0.1) is 5.92 Å². The number of thioether (sulfide) groups is 1. The lowest BCUT2D eigenvalue weighted by atomic mass is 10.1. The topological polar surface area (TPSA) is 12.0 Å². The maximum atomic E-state index is 6.06. The summed E-state index contributed by atoms with van der Waals surface area (Å²) in [4.78, 5) is 0. The Morgan fingerprint density at radius 3 is 2.93 bits per heavy atom. The van der Waals surface area contributed by atoms with E-state index in [0.29, 0.717) is 5.38 Å². The van der Waals surface area contributed by atoms with Crippen LogP contribution in [0.15, 0.2) is 0 Å².